The first kappa shape index (κ1) is 13.7. The first-order valence-corrected chi connectivity index (χ1v) is 7.15. The summed E-state index contributed by atoms with van der Waals surface area (Å²) in [5, 5.41) is 9.73. The molecule has 0 bridgehead atoms. The van der Waals surface area contributed by atoms with E-state index in [4.69, 9.17) is 4.74 Å². The molecule has 0 saturated heterocycles. The second-order valence-corrected chi connectivity index (χ2v) is 5.71. The van der Waals surface area contributed by atoms with Crippen LogP contribution in [0.5, 0.6) is 5.75 Å². The number of aliphatic carboxylic acids is 1. The van der Waals surface area contributed by atoms with Crippen molar-refractivity contribution in [2.45, 2.75) is 32.3 Å². The highest BCUT2D eigenvalue weighted by atomic mass is 16.5. The molecular weight excluding hydrogens is 264 g/mol. The lowest BCUT2D eigenvalue weighted by atomic mass is 9.86. The molecule has 0 aliphatic carbocycles. The van der Waals surface area contributed by atoms with Crippen LogP contribution in [0, 0.1) is 0 Å². The van der Waals surface area contributed by atoms with E-state index in [9.17, 15) is 9.90 Å². The minimum absolute atomic E-state index is 0.350. The molecule has 1 atom stereocenters. The van der Waals surface area contributed by atoms with Crippen LogP contribution in [0.25, 0.3) is 0 Å². The van der Waals surface area contributed by atoms with Crippen LogP contribution < -0.4 is 4.74 Å². The zero-order chi connectivity index (χ0) is 15.0. The molecule has 3 nitrogen and oxygen atoms in total. The molecule has 2 aromatic rings. The molecule has 0 spiro atoms. The van der Waals surface area contributed by atoms with Crippen molar-refractivity contribution in [3.63, 3.8) is 0 Å². The molecule has 1 N–H and O–H groups in total. The summed E-state index contributed by atoms with van der Waals surface area (Å²) in [6, 6.07) is 13.5. The Kier molecular flexibility index (Phi) is 3.42. The Labute approximate surface area is 124 Å². The van der Waals surface area contributed by atoms with Crippen LogP contribution in [0.4, 0.5) is 0 Å². The normalized spacial score (nSPS) is 16.6. The van der Waals surface area contributed by atoms with Gasteiger partial charge in [-0.15, -0.1) is 0 Å². The van der Waals surface area contributed by atoms with Crippen molar-refractivity contribution in [1.29, 1.82) is 0 Å². The Bertz CT molecular complexity index is 689. The Morgan fingerprint density at radius 2 is 1.95 bits per heavy atom. The van der Waals surface area contributed by atoms with E-state index >= 15 is 0 Å². The van der Waals surface area contributed by atoms with E-state index in [1.807, 2.05) is 42.5 Å². The largest absolute Gasteiger partial charge is 0.489 e. The maximum atomic E-state index is 11.9. The number of carboxylic acids is 1. The number of ether oxygens (including phenoxy) is 1. The summed E-state index contributed by atoms with van der Waals surface area (Å²) < 4.78 is 5.83. The lowest BCUT2D eigenvalue weighted by molar-refractivity contribution is -0.137. The van der Waals surface area contributed by atoms with Gasteiger partial charge in [0.15, 0.2) is 0 Å². The average Bonchev–Trinajstić information content (AvgIpc) is 2.62. The molecule has 0 unspecified atom stereocenters. The predicted octanol–water partition coefficient (Wildman–Crippen LogP) is 3.92. The van der Waals surface area contributed by atoms with Crippen LogP contribution in [-0.2, 0) is 11.4 Å². The zero-order valence-corrected chi connectivity index (χ0v) is 12.2. The minimum atomic E-state index is -0.838. The lowest BCUT2D eigenvalue weighted by Gasteiger charge is -2.16. The van der Waals surface area contributed by atoms with Crippen LogP contribution in [0.15, 0.2) is 42.5 Å². The fourth-order valence-corrected chi connectivity index (χ4v) is 2.82. The molecule has 1 heterocycles. The van der Waals surface area contributed by atoms with Gasteiger partial charge in [-0.05, 0) is 28.7 Å². The van der Waals surface area contributed by atoms with Crippen molar-refractivity contribution < 1.29 is 14.6 Å². The second kappa shape index (κ2) is 5.24. The molecule has 0 amide bonds. The molecular formula is C18H18O3. The predicted molar refractivity (Wildman–Crippen MR) is 80.8 cm³/mol. The van der Waals surface area contributed by atoms with Gasteiger partial charge >= 0.3 is 5.97 Å². The number of benzene rings is 2. The van der Waals surface area contributed by atoms with Crippen LogP contribution in [0.2, 0.25) is 0 Å². The number of carboxylic acid groups (broad SMARTS) is 1. The van der Waals surface area contributed by atoms with Crippen molar-refractivity contribution in [1.82, 2.24) is 0 Å². The Morgan fingerprint density at radius 3 is 2.67 bits per heavy atom. The summed E-state index contributed by atoms with van der Waals surface area (Å²) in [6.07, 6.45) is 0. The van der Waals surface area contributed by atoms with Crippen LogP contribution in [-0.4, -0.2) is 11.1 Å². The van der Waals surface area contributed by atoms with Gasteiger partial charge in [0.05, 0.1) is 0 Å². The topological polar surface area (TPSA) is 46.5 Å². The summed E-state index contributed by atoms with van der Waals surface area (Å²) in [5.74, 6) is -0.487. The van der Waals surface area contributed by atoms with Crippen LogP contribution in [0.3, 0.4) is 0 Å². The van der Waals surface area contributed by atoms with E-state index in [1.165, 1.54) is 0 Å². The quantitative estimate of drug-likeness (QED) is 0.908. The van der Waals surface area contributed by atoms with Crippen LogP contribution in [0.1, 0.15) is 47.9 Å². The van der Waals surface area contributed by atoms with Crippen molar-refractivity contribution in [2.75, 3.05) is 0 Å². The van der Waals surface area contributed by atoms with Gasteiger partial charge in [0.25, 0.3) is 0 Å². The highest BCUT2D eigenvalue weighted by molar-refractivity contribution is 5.82. The smallest absolute Gasteiger partial charge is 0.315 e. The number of hydrogen-bond donors (Lipinski definition) is 1. The second-order valence-electron chi connectivity index (χ2n) is 5.71. The highest BCUT2D eigenvalue weighted by Crippen LogP contribution is 2.39. The van der Waals surface area contributed by atoms with E-state index in [2.05, 4.69) is 13.8 Å². The van der Waals surface area contributed by atoms with Gasteiger partial charge in [0, 0.05) is 5.56 Å². The van der Waals surface area contributed by atoms with E-state index < -0.39 is 11.9 Å². The third kappa shape index (κ3) is 2.40. The zero-order valence-electron chi connectivity index (χ0n) is 12.2. The summed E-state index contributed by atoms with van der Waals surface area (Å²) in [4.78, 5) is 11.9. The molecule has 3 heteroatoms. The first-order valence-electron chi connectivity index (χ1n) is 7.15. The van der Waals surface area contributed by atoms with E-state index in [-0.39, 0.29) is 0 Å². The average molecular weight is 282 g/mol. The van der Waals surface area contributed by atoms with E-state index in [0.717, 1.165) is 22.3 Å². The van der Waals surface area contributed by atoms with E-state index in [1.54, 1.807) is 0 Å². The van der Waals surface area contributed by atoms with Crippen molar-refractivity contribution in [3.05, 3.63) is 64.7 Å². The van der Waals surface area contributed by atoms with Gasteiger partial charge in [-0.2, -0.15) is 0 Å². The van der Waals surface area contributed by atoms with Gasteiger partial charge in [-0.3, -0.25) is 4.79 Å². The molecule has 1 aliphatic heterocycles. The van der Waals surface area contributed by atoms with E-state index in [0.29, 0.717) is 18.3 Å². The van der Waals surface area contributed by atoms with Gasteiger partial charge < -0.3 is 9.84 Å². The molecule has 1 aliphatic rings. The Morgan fingerprint density at radius 1 is 1.19 bits per heavy atom. The SMILES string of the molecule is CC(C)c1ccc2c(c1)[C@@H](C(=O)O)c1ccccc1CO2. The molecule has 2 aromatic carbocycles. The monoisotopic (exact) mass is 282 g/mol. The fraction of sp³-hybridized carbons (Fsp3) is 0.278. The van der Waals surface area contributed by atoms with Gasteiger partial charge in [-0.25, -0.2) is 0 Å². The Balaban J connectivity index is 2.22. The Hall–Kier alpha value is -2.29. The summed E-state index contributed by atoms with van der Waals surface area (Å²) in [7, 11) is 0. The highest BCUT2D eigenvalue weighted by Gasteiger charge is 2.30. The van der Waals surface area contributed by atoms with Gasteiger partial charge in [0.2, 0.25) is 0 Å². The summed E-state index contributed by atoms with van der Waals surface area (Å²) >= 11 is 0. The number of fused-ring (bicyclic) bond motifs is 2. The lowest BCUT2D eigenvalue weighted by Crippen LogP contribution is -2.14. The van der Waals surface area contributed by atoms with Crippen molar-refractivity contribution in [3.8, 4) is 5.75 Å². The third-order valence-electron chi connectivity index (χ3n) is 4.01. The van der Waals surface area contributed by atoms with Crippen molar-refractivity contribution in [2.24, 2.45) is 0 Å². The molecule has 0 radical (unpaired) electrons. The first-order chi connectivity index (χ1) is 10.1. The molecule has 3 rings (SSSR count). The molecule has 0 fully saturated rings. The maximum Gasteiger partial charge on any atom is 0.315 e. The van der Waals surface area contributed by atoms with Crippen LogP contribution >= 0.6 is 0 Å². The fourth-order valence-electron chi connectivity index (χ4n) is 2.82. The standard InChI is InChI=1S/C18H18O3/c1-11(2)12-7-8-16-15(9-12)17(18(19)20)14-6-4-3-5-13(14)10-21-16/h3-9,11,17H,10H2,1-2H3,(H,19,20)/t17-/m0/s1. The summed E-state index contributed by atoms with van der Waals surface area (Å²) in [6.45, 7) is 4.61. The number of hydrogen-bond acceptors (Lipinski definition) is 2. The molecule has 21 heavy (non-hydrogen) atoms. The van der Waals surface area contributed by atoms with Crippen molar-refractivity contribution >= 4 is 5.97 Å². The van der Waals surface area contributed by atoms with Gasteiger partial charge in [0.1, 0.15) is 18.3 Å². The summed E-state index contributed by atoms with van der Waals surface area (Å²) in [5.41, 5.74) is 3.64. The maximum absolute atomic E-state index is 11.9. The molecule has 0 saturated carbocycles. The van der Waals surface area contributed by atoms with Gasteiger partial charge in [-0.1, -0.05) is 50.2 Å². The number of rotatable bonds is 2. The molecule has 108 valence electrons. The number of carbonyl (C=O) groups is 1. The minimum Gasteiger partial charge on any atom is -0.489 e. The molecule has 0 aromatic heterocycles. The third-order valence-corrected chi connectivity index (χ3v) is 4.01.